The molecule has 2 aromatic carbocycles. The first-order chi connectivity index (χ1) is 12.5. The number of carbonyl (C=O) groups is 1. The van der Waals surface area contributed by atoms with E-state index in [0.717, 1.165) is 22.4 Å². The van der Waals surface area contributed by atoms with Gasteiger partial charge >= 0.3 is 6.09 Å². The highest BCUT2D eigenvalue weighted by molar-refractivity contribution is 6.30. The van der Waals surface area contributed by atoms with E-state index in [2.05, 4.69) is 0 Å². The fourth-order valence-corrected chi connectivity index (χ4v) is 3.37. The zero-order valence-electron chi connectivity index (χ0n) is 14.7. The predicted molar refractivity (Wildman–Crippen MR) is 103 cm³/mol. The third kappa shape index (κ3) is 3.63. The number of anilines is 1. The number of ether oxygens (including phenoxy) is 2. The molecular formula is C20H21ClN2O3. The van der Waals surface area contributed by atoms with Gasteiger partial charge in [0.1, 0.15) is 5.75 Å². The summed E-state index contributed by atoms with van der Waals surface area (Å²) in [7, 11) is 3.01. The maximum atomic E-state index is 12.3. The van der Waals surface area contributed by atoms with E-state index in [1.807, 2.05) is 36.4 Å². The Morgan fingerprint density at radius 3 is 2.77 bits per heavy atom. The number of nitrogen functional groups attached to an aromatic ring is 1. The monoisotopic (exact) mass is 372 g/mol. The number of carbonyl (C=O) groups excluding carboxylic acids is 1. The van der Waals surface area contributed by atoms with Gasteiger partial charge in [0.25, 0.3) is 0 Å². The average molecular weight is 373 g/mol. The molecule has 6 heteroatoms. The zero-order valence-corrected chi connectivity index (χ0v) is 15.5. The number of amides is 1. The summed E-state index contributed by atoms with van der Waals surface area (Å²) in [6, 6.07) is 12.8. The van der Waals surface area contributed by atoms with Crippen LogP contribution in [0.25, 0.3) is 5.57 Å². The molecule has 0 spiro atoms. The highest BCUT2D eigenvalue weighted by atomic mass is 35.5. The van der Waals surface area contributed by atoms with E-state index >= 15 is 0 Å². The van der Waals surface area contributed by atoms with Crippen LogP contribution in [0.5, 0.6) is 5.75 Å². The Morgan fingerprint density at radius 1 is 1.23 bits per heavy atom. The maximum Gasteiger partial charge on any atom is 0.410 e. The average Bonchev–Trinajstić information content (AvgIpc) is 2.68. The summed E-state index contributed by atoms with van der Waals surface area (Å²) in [6.07, 6.45) is 2.34. The van der Waals surface area contributed by atoms with Crippen molar-refractivity contribution in [2.24, 2.45) is 0 Å². The van der Waals surface area contributed by atoms with Gasteiger partial charge in [0.15, 0.2) is 0 Å². The Kier molecular flexibility index (Phi) is 5.38. The van der Waals surface area contributed by atoms with Gasteiger partial charge < -0.3 is 15.2 Å². The number of nitrogens with two attached hydrogens (primary N) is 1. The molecule has 1 atom stereocenters. The van der Waals surface area contributed by atoms with Crippen molar-refractivity contribution in [2.45, 2.75) is 12.5 Å². The summed E-state index contributed by atoms with van der Waals surface area (Å²) in [5, 5.41) is 0.628. The van der Waals surface area contributed by atoms with Gasteiger partial charge in [-0.25, -0.2) is 4.79 Å². The molecule has 0 fully saturated rings. The van der Waals surface area contributed by atoms with Crippen LogP contribution < -0.4 is 10.5 Å². The molecule has 0 saturated heterocycles. The maximum absolute atomic E-state index is 12.3. The lowest BCUT2D eigenvalue weighted by Crippen LogP contribution is -2.37. The molecule has 0 saturated carbocycles. The Morgan fingerprint density at radius 2 is 2.04 bits per heavy atom. The minimum absolute atomic E-state index is 0.278. The number of halogens is 1. The molecule has 1 heterocycles. The van der Waals surface area contributed by atoms with Crippen molar-refractivity contribution in [1.82, 2.24) is 4.90 Å². The third-order valence-corrected chi connectivity index (χ3v) is 4.76. The molecule has 26 heavy (non-hydrogen) atoms. The lowest BCUT2D eigenvalue weighted by Gasteiger charge is -2.34. The minimum atomic E-state index is -0.368. The van der Waals surface area contributed by atoms with Gasteiger partial charge in [-0.05, 0) is 47.9 Å². The van der Waals surface area contributed by atoms with Crippen LogP contribution in [0.15, 0.2) is 48.5 Å². The number of hydrogen-bond donors (Lipinski definition) is 1. The van der Waals surface area contributed by atoms with E-state index in [1.54, 1.807) is 24.1 Å². The van der Waals surface area contributed by atoms with Crippen molar-refractivity contribution in [3.63, 3.8) is 0 Å². The van der Waals surface area contributed by atoms with Gasteiger partial charge in [0, 0.05) is 22.8 Å². The van der Waals surface area contributed by atoms with Crippen molar-refractivity contribution in [3.8, 4) is 5.75 Å². The third-order valence-electron chi connectivity index (χ3n) is 4.52. The summed E-state index contributed by atoms with van der Waals surface area (Å²) in [6.45, 7) is 0.520. The minimum Gasteiger partial charge on any atom is -0.497 e. The molecule has 1 unspecified atom stereocenters. The van der Waals surface area contributed by atoms with E-state index in [0.29, 0.717) is 23.7 Å². The van der Waals surface area contributed by atoms with Crippen LogP contribution in [0.4, 0.5) is 10.5 Å². The molecular weight excluding hydrogens is 352 g/mol. The fourth-order valence-electron chi connectivity index (χ4n) is 3.20. The van der Waals surface area contributed by atoms with Crippen LogP contribution in [-0.2, 0) is 4.74 Å². The lowest BCUT2D eigenvalue weighted by molar-refractivity contribution is 0.112. The number of nitrogens with zero attached hydrogens (tertiary/aromatic N) is 1. The van der Waals surface area contributed by atoms with Crippen molar-refractivity contribution in [3.05, 3.63) is 64.7 Å². The molecule has 2 N–H and O–H groups in total. The summed E-state index contributed by atoms with van der Waals surface area (Å²) in [5.41, 5.74) is 9.70. The van der Waals surface area contributed by atoms with Gasteiger partial charge in [-0.2, -0.15) is 0 Å². The number of methoxy groups -OCH3 is 2. The van der Waals surface area contributed by atoms with Crippen molar-refractivity contribution >= 4 is 29.0 Å². The number of benzene rings is 2. The number of hydrogen-bond acceptors (Lipinski definition) is 4. The topological polar surface area (TPSA) is 64.8 Å². The van der Waals surface area contributed by atoms with Gasteiger partial charge in [0.2, 0.25) is 0 Å². The SMILES string of the molecule is COC(=O)N1CCC(c2cc(Cl)ccc2N)=CC1c1cccc(OC)c1. The second-order valence-electron chi connectivity index (χ2n) is 6.06. The highest BCUT2D eigenvalue weighted by Gasteiger charge is 2.29. The largest absolute Gasteiger partial charge is 0.497 e. The second-order valence-corrected chi connectivity index (χ2v) is 6.49. The molecule has 0 bridgehead atoms. The van der Waals surface area contributed by atoms with Crippen molar-refractivity contribution in [2.75, 3.05) is 26.5 Å². The highest BCUT2D eigenvalue weighted by Crippen LogP contribution is 2.37. The summed E-state index contributed by atoms with van der Waals surface area (Å²) < 4.78 is 10.3. The molecule has 136 valence electrons. The molecule has 0 aromatic heterocycles. The van der Waals surface area contributed by atoms with Gasteiger partial charge in [-0.15, -0.1) is 0 Å². The van der Waals surface area contributed by atoms with Gasteiger partial charge in [0.05, 0.1) is 20.3 Å². The van der Waals surface area contributed by atoms with Crippen molar-refractivity contribution < 1.29 is 14.3 Å². The number of rotatable bonds is 3. The van der Waals surface area contributed by atoms with Gasteiger partial charge in [-0.1, -0.05) is 29.8 Å². The molecule has 1 amide bonds. The molecule has 0 radical (unpaired) electrons. The Labute approximate surface area is 158 Å². The normalized spacial score (nSPS) is 16.8. The van der Waals surface area contributed by atoms with Crippen LogP contribution in [0.3, 0.4) is 0 Å². The molecule has 5 nitrogen and oxygen atoms in total. The zero-order chi connectivity index (χ0) is 18.7. The smallest absolute Gasteiger partial charge is 0.410 e. The van der Waals surface area contributed by atoms with E-state index < -0.39 is 0 Å². The van der Waals surface area contributed by atoms with Crippen LogP contribution in [0.2, 0.25) is 5.02 Å². The summed E-state index contributed by atoms with van der Waals surface area (Å²) in [5.74, 6) is 0.732. The quantitative estimate of drug-likeness (QED) is 0.804. The second kappa shape index (κ2) is 7.70. The van der Waals surface area contributed by atoms with E-state index in [1.165, 1.54) is 7.11 Å². The lowest BCUT2D eigenvalue weighted by atomic mass is 9.91. The summed E-state index contributed by atoms with van der Waals surface area (Å²) >= 11 is 6.15. The molecule has 2 aromatic rings. The fraction of sp³-hybridized carbons (Fsp3) is 0.250. The van der Waals surface area contributed by atoms with Crippen LogP contribution in [0, 0.1) is 0 Å². The Balaban J connectivity index is 2.07. The summed E-state index contributed by atoms with van der Waals surface area (Å²) in [4.78, 5) is 14.0. The first-order valence-electron chi connectivity index (χ1n) is 8.28. The van der Waals surface area contributed by atoms with Crippen molar-refractivity contribution in [1.29, 1.82) is 0 Å². The first kappa shape index (κ1) is 18.1. The van der Waals surface area contributed by atoms with E-state index in [-0.39, 0.29) is 12.1 Å². The molecule has 0 aliphatic carbocycles. The predicted octanol–water partition coefficient (Wildman–Crippen LogP) is 4.53. The van der Waals surface area contributed by atoms with Gasteiger partial charge in [-0.3, -0.25) is 4.90 Å². The van der Waals surface area contributed by atoms with Crippen LogP contribution in [-0.4, -0.2) is 31.8 Å². The first-order valence-corrected chi connectivity index (χ1v) is 8.66. The van der Waals surface area contributed by atoms with Crippen LogP contribution >= 0.6 is 11.6 Å². The molecule has 3 rings (SSSR count). The van der Waals surface area contributed by atoms with E-state index in [4.69, 9.17) is 26.8 Å². The standard InChI is InChI=1S/C20H21ClN2O3/c1-25-16-5-3-4-14(10-16)19-11-13(8-9-23(19)20(24)26-2)17-12-15(21)6-7-18(17)22/h3-7,10-12,19H,8-9,22H2,1-2H3. The Bertz CT molecular complexity index is 851. The molecule has 1 aliphatic rings. The Hall–Kier alpha value is -2.66. The molecule has 1 aliphatic heterocycles. The van der Waals surface area contributed by atoms with Crippen LogP contribution in [0.1, 0.15) is 23.6 Å². The van der Waals surface area contributed by atoms with E-state index in [9.17, 15) is 4.79 Å².